The number of aromatic carboxylic acids is 2. The lowest BCUT2D eigenvalue weighted by Gasteiger charge is -2.11. The molecule has 2 N–H and O–H groups in total. The zero-order valence-corrected chi connectivity index (χ0v) is 28.0. The Labute approximate surface area is 298 Å². The van der Waals surface area contributed by atoms with Crippen molar-refractivity contribution in [1.82, 2.24) is 0 Å². The average molecular weight is 697 g/mol. The van der Waals surface area contributed by atoms with E-state index in [-0.39, 0.29) is 29.0 Å². The van der Waals surface area contributed by atoms with Crippen LogP contribution >= 0.6 is 11.8 Å². The highest BCUT2D eigenvalue weighted by Crippen LogP contribution is 2.31. The summed E-state index contributed by atoms with van der Waals surface area (Å²) in [6.07, 6.45) is 1.21. The molecular formula is C42H32O8S. The Morgan fingerprint density at radius 2 is 1.02 bits per heavy atom. The summed E-state index contributed by atoms with van der Waals surface area (Å²) in [7, 11) is 0. The summed E-state index contributed by atoms with van der Waals surface area (Å²) >= 11 is 1.48. The van der Waals surface area contributed by atoms with Crippen LogP contribution < -0.4 is 9.62 Å². The van der Waals surface area contributed by atoms with E-state index in [1.165, 1.54) is 17.8 Å². The highest BCUT2D eigenvalue weighted by atomic mass is 32.2. The molecule has 51 heavy (non-hydrogen) atoms. The number of carboxylic acid groups (broad SMARTS) is 2. The van der Waals surface area contributed by atoms with Crippen molar-refractivity contribution in [2.24, 2.45) is 0 Å². The molecule has 0 amide bonds. The minimum Gasteiger partial charge on any atom is -0.478 e. The van der Waals surface area contributed by atoms with Gasteiger partial charge in [-0.05, 0) is 107 Å². The number of carboxylic acids is 2. The van der Waals surface area contributed by atoms with Crippen molar-refractivity contribution >= 4 is 29.7 Å². The van der Waals surface area contributed by atoms with Crippen LogP contribution in [0.15, 0.2) is 155 Å². The molecule has 0 aromatic heterocycles. The quantitative estimate of drug-likeness (QED) is 0.0497. The highest BCUT2D eigenvalue weighted by molar-refractivity contribution is 7.99. The summed E-state index contributed by atoms with van der Waals surface area (Å²) in [5, 5.41) is 19.3. The molecule has 0 aliphatic carbocycles. The molecule has 0 saturated carbocycles. The monoisotopic (exact) mass is 696 g/mol. The summed E-state index contributed by atoms with van der Waals surface area (Å²) < 4.78 is 5.57. The summed E-state index contributed by atoms with van der Waals surface area (Å²) in [4.78, 5) is 49.5. The second kappa shape index (κ2) is 16.5. The second-order valence-electron chi connectivity index (χ2n) is 11.6. The second-order valence-corrected chi connectivity index (χ2v) is 12.7. The van der Waals surface area contributed by atoms with Gasteiger partial charge >= 0.3 is 17.9 Å². The average Bonchev–Trinajstić information content (AvgIpc) is 3.14. The number of ether oxygens (including phenoxy) is 1. The van der Waals surface area contributed by atoms with Crippen LogP contribution in [0, 0.1) is 0 Å². The van der Waals surface area contributed by atoms with E-state index in [0.717, 1.165) is 32.0 Å². The third kappa shape index (κ3) is 9.51. The third-order valence-corrected chi connectivity index (χ3v) is 8.92. The Hall–Kier alpha value is -6.16. The van der Waals surface area contributed by atoms with Gasteiger partial charge in [0.25, 0.3) is 0 Å². The predicted molar refractivity (Wildman–Crippen MR) is 193 cm³/mol. The normalized spacial score (nSPS) is 10.7. The van der Waals surface area contributed by atoms with Crippen LogP contribution in [0.25, 0.3) is 0 Å². The highest BCUT2D eigenvalue weighted by Gasteiger charge is 2.20. The first kappa shape index (κ1) is 34.7. The lowest BCUT2D eigenvalue weighted by atomic mass is 9.99. The standard InChI is InChI=1S/C42H32O8S/c43-40(44)37-21-11-30(23-28-7-3-1-4-8-28)25-32(37)27-48-50-34-15-19-36(20-16-34)51-35-17-13-33(14-18-35)49-42(47)39-26-31(12-22-38(39)41(45)46)24-29-9-5-2-6-10-29/h1-22,25-26H,23-24,27H2,(H,43,44)(H,45,46). The van der Waals surface area contributed by atoms with Gasteiger partial charge in [-0.25, -0.2) is 14.4 Å². The van der Waals surface area contributed by atoms with E-state index in [0.29, 0.717) is 24.2 Å². The van der Waals surface area contributed by atoms with Crippen LogP contribution in [0.2, 0.25) is 0 Å². The van der Waals surface area contributed by atoms with Gasteiger partial charge in [0.15, 0.2) is 5.75 Å². The van der Waals surface area contributed by atoms with E-state index in [9.17, 15) is 24.6 Å². The molecule has 0 radical (unpaired) electrons. The van der Waals surface area contributed by atoms with Crippen molar-refractivity contribution in [1.29, 1.82) is 0 Å². The number of benzene rings is 6. The number of carbonyl (C=O) groups is 3. The van der Waals surface area contributed by atoms with Gasteiger partial charge < -0.3 is 19.8 Å². The SMILES string of the molecule is O=C(O)c1ccc(Cc2ccccc2)cc1COOc1ccc(Sc2ccc(OC(=O)c3cc(Cc4ccccc4)ccc3C(=O)O)cc2)cc1. The Bertz CT molecular complexity index is 2130. The van der Waals surface area contributed by atoms with Gasteiger partial charge in [0.2, 0.25) is 0 Å². The Balaban J connectivity index is 1.03. The molecule has 0 saturated heterocycles. The predicted octanol–water partition coefficient (Wildman–Crippen LogP) is 9.15. The molecule has 0 unspecified atom stereocenters. The number of hydrogen-bond acceptors (Lipinski definition) is 7. The molecule has 254 valence electrons. The van der Waals surface area contributed by atoms with Crippen molar-refractivity contribution in [3.8, 4) is 11.5 Å². The number of carbonyl (C=O) groups excluding carboxylic acids is 1. The largest absolute Gasteiger partial charge is 0.478 e. The van der Waals surface area contributed by atoms with Crippen molar-refractivity contribution in [3.05, 3.63) is 190 Å². The zero-order valence-electron chi connectivity index (χ0n) is 27.2. The first-order chi connectivity index (χ1) is 24.8. The van der Waals surface area contributed by atoms with E-state index in [2.05, 4.69) is 0 Å². The maximum Gasteiger partial charge on any atom is 0.344 e. The van der Waals surface area contributed by atoms with Crippen molar-refractivity contribution < 1.29 is 39.1 Å². The topological polar surface area (TPSA) is 119 Å². The lowest BCUT2D eigenvalue weighted by Crippen LogP contribution is -2.14. The van der Waals surface area contributed by atoms with Gasteiger partial charge in [0.05, 0.1) is 16.7 Å². The van der Waals surface area contributed by atoms with Gasteiger partial charge in [-0.3, -0.25) is 0 Å². The van der Waals surface area contributed by atoms with Crippen LogP contribution in [0.4, 0.5) is 0 Å². The summed E-state index contributed by atoms with van der Waals surface area (Å²) in [6.45, 7) is -0.0472. The Morgan fingerprint density at radius 1 is 0.510 bits per heavy atom. The van der Waals surface area contributed by atoms with E-state index in [1.54, 1.807) is 60.7 Å². The van der Waals surface area contributed by atoms with Crippen molar-refractivity contribution in [3.63, 3.8) is 0 Å². The maximum absolute atomic E-state index is 13.1. The molecular weight excluding hydrogens is 665 g/mol. The van der Waals surface area contributed by atoms with E-state index >= 15 is 0 Å². The summed E-state index contributed by atoms with van der Waals surface area (Å²) in [5.74, 6) is -2.26. The molecule has 6 aromatic carbocycles. The molecule has 0 aliphatic heterocycles. The fraction of sp³-hybridized carbons (Fsp3) is 0.0714. The minimum absolute atomic E-state index is 0.0143. The zero-order chi connectivity index (χ0) is 35.6. The summed E-state index contributed by atoms with van der Waals surface area (Å²) in [5.41, 5.74) is 4.44. The van der Waals surface area contributed by atoms with Gasteiger partial charge in [-0.15, -0.1) is 0 Å². The van der Waals surface area contributed by atoms with Crippen LogP contribution in [0.3, 0.4) is 0 Å². The fourth-order valence-electron chi connectivity index (χ4n) is 5.40. The first-order valence-corrected chi connectivity index (χ1v) is 16.8. The van der Waals surface area contributed by atoms with E-state index < -0.39 is 17.9 Å². The first-order valence-electron chi connectivity index (χ1n) is 16.0. The molecule has 6 aromatic rings. The lowest BCUT2D eigenvalue weighted by molar-refractivity contribution is -0.217. The Kier molecular flexibility index (Phi) is 11.2. The maximum atomic E-state index is 13.1. The van der Waals surface area contributed by atoms with Gasteiger partial charge in [-0.2, -0.15) is 4.89 Å². The minimum atomic E-state index is -1.21. The Morgan fingerprint density at radius 3 is 1.57 bits per heavy atom. The van der Waals surface area contributed by atoms with Crippen LogP contribution in [-0.4, -0.2) is 28.1 Å². The van der Waals surface area contributed by atoms with E-state index in [4.69, 9.17) is 14.5 Å². The van der Waals surface area contributed by atoms with Crippen molar-refractivity contribution in [2.45, 2.75) is 29.2 Å². The molecule has 0 heterocycles. The van der Waals surface area contributed by atoms with E-state index in [1.807, 2.05) is 78.9 Å². The molecule has 0 bridgehead atoms. The molecule has 8 nitrogen and oxygen atoms in total. The molecule has 0 fully saturated rings. The third-order valence-electron chi connectivity index (χ3n) is 7.90. The number of rotatable bonds is 14. The van der Waals surface area contributed by atoms with Gasteiger partial charge in [-0.1, -0.05) is 90.6 Å². The molecule has 0 atom stereocenters. The number of esters is 1. The van der Waals surface area contributed by atoms with Crippen LogP contribution in [0.5, 0.6) is 11.5 Å². The molecule has 6 rings (SSSR count). The molecule has 0 spiro atoms. The number of hydrogen-bond donors (Lipinski definition) is 2. The fourth-order valence-corrected chi connectivity index (χ4v) is 6.22. The van der Waals surface area contributed by atoms with Crippen LogP contribution in [0.1, 0.15) is 58.9 Å². The smallest absolute Gasteiger partial charge is 0.344 e. The van der Waals surface area contributed by atoms with Crippen LogP contribution in [-0.2, 0) is 24.3 Å². The molecule has 0 aliphatic rings. The van der Waals surface area contributed by atoms with Gasteiger partial charge in [0, 0.05) is 9.79 Å². The van der Waals surface area contributed by atoms with Gasteiger partial charge in [0.1, 0.15) is 12.4 Å². The molecule has 9 heteroatoms. The summed E-state index contributed by atoms with van der Waals surface area (Å²) in [6, 6.07) is 43.7. The van der Waals surface area contributed by atoms with Crippen molar-refractivity contribution in [2.75, 3.05) is 0 Å².